The fourth-order valence-corrected chi connectivity index (χ4v) is 7.00. The second-order valence-electron chi connectivity index (χ2n) is 8.30. The number of nitrogens with one attached hydrogen (secondary N) is 2. The number of hydrogen-bond donors (Lipinski definition) is 2. The fourth-order valence-electron chi connectivity index (χ4n) is 4.23. The van der Waals surface area contributed by atoms with E-state index in [1.54, 1.807) is 25.3 Å². The molecule has 2 aromatic carbocycles. The number of methoxy groups -OCH3 is 1. The highest BCUT2D eigenvalue weighted by Gasteiger charge is 2.28. The van der Waals surface area contributed by atoms with Crippen LogP contribution in [-0.2, 0) is 14.8 Å². The maximum absolute atomic E-state index is 12.8. The van der Waals surface area contributed by atoms with Gasteiger partial charge in [-0.15, -0.1) is 0 Å². The molecular formula is C22H23N5O4S3. The number of amides is 1. The Balaban J connectivity index is 1.15. The number of carbonyl (C=O) groups excluding carboxylic acids is 1. The summed E-state index contributed by atoms with van der Waals surface area (Å²) in [5.74, 6) is 0.793. The number of nitrogens with zero attached hydrogens (tertiary/aromatic N) is 3. The number of fused-ring (bicyclic) bond motifs is 2. The number of thiazole rings is 1. The van der Waals surface area contributed by atoms with Crippen LogP contribution in [0.4, 0.5) is 5.13 Å². The highest BCUT2D eigenvalue weighted by atomic mass is 32.2. The topological polar surface area (TPSA) is 123 Å². The first-order chi connectivity index (χ1) is 16.4. The number of aromatic nitrogens is 3. The number of hydrogen-bond acceptors (Lipinski definition) is 9. The Morgan fingerprint density at radius 3 is 2.74 bits per heavy atom. The van der Waals surface area contributed by atoms with Crippen LogP contribution in [0.5, 0.6) is 5.75 Å². The van der Waals surface area contributed by atoms with Crippen molar-refractivity contribution in [1.82, 2.24) is 18.5 Å². The second kappa shape index (κ2) is 9.53. The van der Waals surface area contributed by atoms with Gasteiger partial charge in [0.15, 0.2) is 5.13 Å². The van der Waals surface area contributed by atoms with Gasteiger partial charge in [0.2, 0.25) is 15.9 Å². The number of sulfonamides is 1. The first-order valence-electron chi connectivity index (χ1n) is 10.9. The van der Waals surface area contributed by atoms with E-state index in [9.17, 15) is 13.2 Å². The van der Waals surface area contributed by atoms with Crippen LogP contribution in [0.2, 0.25) is 0 Å². The number of benzene rings is 2. The highest BCUT2D eigenvalue weighted by Crippen LogP contribution is 2.32. The lowest BCUT2D eigenvalue weighted by Crippen LogP contribution is -2.33. The van der Waals surface area contributed by atoms with Crippen molar-refractivity contribution in [3.63, 3.8) is 0 Å². The quantitative estimate of drug-likeness (QED) is 0.379. The first-order valence-corrected chi connectivity index (χ1v) is 13.9. The van der Waals surface area contributed by atoms with Crippen molar-refractivity contribution in [2.45, 2.75) is 30.6 Å². The molecule has 1 fully saturated rings. The lowest BCUT2D eigenvalue weighted by Gasteiger charge is -2.27. The van der Waals surface area contributed by atoms with Gasteiger partial charge in [-0.3, -0.25) is 4.79 Å². The Hall–Kier alpha value is -2.67. The first kappa shape index (κ1) is 23.1. The zero-order valence-electron chi connectivity index (χ0n) is 18.4. The molecule has 1 aliphatic carbocycles. The summed E-state index contributed by atoms with van der Waals surface area (Å²) in [6, 6.07) is 10.6. The molecule has 12 heteroatoms. The van der Waals surface area contributed by atoms with Crippen molar-refractivity contribution in [3.05, 3.63) is 36.4 Å². The van der Waals surface area contributed by atoms with E-state index in [0.29, 0.717) is 35.6 Å². The van der Waals surface area contributed by atoms with Crippen LogP contribution in [0, 0.1) is 11.8 Å². The molecule has 0 aliphatic heterocycles. The van der Waals surface area contributed by atoms with E-state index in [1.165, 1.54) is 11.3 Å². The minimum absolute atomic E-state index is 0.0345. The Labute approximate surface area is 204 Å². The normalized spacial score (nSPS) is 18.9. The summed E-state index contributed by atoms with van der Waals surface area (Å²) in [5.41, 5.74) is 1.79. The van der Waals surface area contributed by atoms with E-state index in [4.69, 9.17) is 4.74 Å². The standard InChI is InChI=1S/C22H23N5O4S3/c1-31-15-9-10-16-18(11-15)32-22(24-16)25-21(28)14-7-5-13(6-8-14)12-23-34(29,30)19-4-2-3-17-20(19)27-33-26-17/h2-4,9-11,13-14,23H,5-8,12H2,1H3,(H,24,25,28). The third-order valence-electron chi connectivity index (χ3n) is 6.14. The summed E-state index contributed by atoms with van der Waals surface area (Å²) in [4.78, 5) is 17.4. The van der Waals surface area contributed by atoms with Gasteiger partial charge >= 0.3 is 0 Å². The third kappa shape index (κ3) is 4.76. The minimum Gasteiger partial charge on any atom is -0.497 e. The number of rotatable bonds is 7. The lowest BCUT2D eigenvalue weighted by molar-refractivity contribution is -0.121. The zero-order valence-corrected chi connectivity index (χ0v) is 20.8. The molecule has 2 aromatic heterocycles. The van der Waals surface area contributed by atoms with Gasteiger partial charge in [-0.25, -0.2) is 18.1 Å². The lowest BCUT2D eigenvalue weighted by atomic mass is 9.81. The number of anilines is 1. The second-order valence-corrected chi connectivity index (χ2v) is 11.6. The Bertz CT molecular complexity index is 1440. The molecule has 0 radical (unpaired) electrons. The fraction of sp³-hybridized carbons (Fsp3) is 0.364. The van der Waals surface area contributed by atoms with Crippen LogP contribution in [0.25, 0.3) is 21.3 Å². The molecule has 34 heavy (non-hydrogen) atoms. The van der Waals surface area contributed by atoms with E-state index >= 15 is 0 Å². The van der Waals surface area contributed by atoms with Gasteiger partial charge in [-0.1, -0.05) is 17.4 Å². The third-order valence-corrected chi connectivity index (χ3v) is 9.08. The molecule has 1 amide bonds. The summed E-state index contributed by atoms with van der Waals surface area (Å²) < 4.78 is 42.8. The summed E-state index contributed by atoms with van der Waals surface area (Å²) in [5, 5.41) is 3.53. The van der Waals surface area contributed by atoms with Gasteiger partial charge in [0.05, 0.1) is 29.1 Å². The average molecular weight is 518 g/mol. The largest absolute Gasteiger partial charge is 0.497 e. The van der Waals surface area contributed by atoms with Gasteiger partial charge in [0.1, 0.15) is 21.7 Å². The van der Waals surface area contributed by atoms with Crippen LogP contribution in [0.1, 0.15) is 25.7 Å². The maximum Gasteiger partial charge on any atom is 0.242 e. The van der Waals surface area contributed by atoms with E-state index < -0.39 is 10.0 Å². The summed E-state index contributed by atoms with van der Waals surface area (Å²) in [6.07, 6.45) is 2.98. The van der Waals surface area contributed by atoms with Crippen molar-refractivity contribution in [3.8, 4) is 5.75 Å². The molecule has 0 atom stereocenters. The van der Waals surface area contributed by atoms with Crippen molar-refractivity contribution in [1.29, 1.82) is 0 Å². The molecule has 0 bridgehead atoms. The van der Waals surface area contributed by atoms with Gasteiger partial charge in [-0.2, -0.15) is 8.75 Å². The molecule has 4 aromatic rings. The molecule has 178 valence electrons. The van der Waals surface area contributed by atoms with E-state index in [1.807, 2.05) is 18.2 Å². The summed E-state index contributed by atoms with van der Waals surface area (Å²) in [7, 11) is -2.07. The molecule has 2 heterocycles. The van der Waals surface area contributed by atoms with Crippen molar-refractivity contribution < 1.29 is 17.9 Å². The van der Waals surface area contributed by atoms with Crippen LogP contribution in [0.15, 0.2) is 41.3 Å². The summed E-state index contributed by atoms with van der Waals surface area (Å²) in [6.45, 7) is 0.338. The van der Waals surface area contributed by atoms with Crippen LogP contribution < -0.4 is 14.8 Å². The molecular weight excluding hydrogens is 494 g/mol. The molecule has 0 unspecified atom stereocenters. The molecule has 1 saturated carbocycles. The van der Waals surface area contributed by atoms with Crippen LogP contribution >= 0.6 is 23.1 Å². The number of ether oxygens (including phenoxy) is 1. The van der Waals surface area contributed by atoms with E-state index in [-0.39, 0.29) is 22.6 Å². The highest BCUT2D eigenvalue weighted by molar-refractivity contribution is 7.89. The zero-order chi connectivity index (χ0) is 23.7. The number of carbonyl (C=O) groups is 1. The van der Waals surface area contributed by atoms with Gasteiger partial charge in [0, 0.05) is 12.5 Å². The Morgan fingerprint density at radius 2 is 1.94 bits per heavy atom. The van der Waals surface area contributed by atoms with Crippen molar-refractivity contribution in [2.24, 2.45) is 11.8 Å². The van der Waals surface area contributed by atoms with Gasteiger partial charge < -0.3 is 10.1 Å². The molecule has 0 spiro atoms. The predicted molar refractivity (Wildman–Crippen MR) is 133 cm³/mol. The molecule has 1 aliphatic rings. The minimum atomic E-state index is -3.69. The molecule has 9 nitrogen and oxygen atoms in total. The average Bonchev–Trinajstić information content (AvgIpc) is 3.48. The van der Waals surface area contributed by atoms with Crippen LogP contribution in [-0.4, -0.2) is 41.7 Å². The SMILES string of the molecule is COc1ccc2nc(NC(=O)C3CCC(CNS(=O)(=O)c4cccc5nsnc45)CC3)sc2c1. The smallest absolute Gasteiger partial charge is 0.242 e. The van der Waals surface area contributed by atoms with Crippen molar-refractivity contribution in [2.75, 3.05) is 19.0 Å². The van der Waals surface area contributed by atoms with Gasteiger partial charge in [-0.05, 0) is 61.9 Å². The Morgan fingerprint density at radius 1 is 1.12 bits per heavy atom. The molecule has 5 rings (SSSR count). The van der Waals surface area contributed by atoms with E-state index in [0.717, 1.165) is 40.5 Å². The molecule has 0 saturated heterocycles. The van der Waals surface area contributed by atoms with E-state index in [2.05, 4.69) is 23.8 Å². The predicted octanol–water partition coefficient (Wildman–Crippen LogP) is 4.03. The monoisotopic (exact) mass is 517 g/mol. The van der Waals surface area contributed by atoms with Gasteiger partial charge in [0.25, 0.3) is 0 Å². The summed E-state index contributed by atoms with van der Waals surface area (Å²) >= 11 is 2.42. The molecule has 2 N–H and O–H groups in total. The van der Waals surface area contributed by atoms with Crippen molar-refractivity contribution >= 4 is 65.4 Å². The maximum atomic E-state index is 12.8. The Kier molecular flexibility index (Phi) is 6.47. The van der Waals surface area contributed by atoms with Crippen LogP contribution in [0.3, 0.4) is 0 Å².